The largest absolute Gasteiger partial charge is 0.369 e. The number of pyridine rings is 1. The van der Waals surface area contributed by atoms with Crippen LogP contribution in [0, 0.1) is 12.7 Å². The summed E-state index contributed by atoms with van der Waals surface area (Å²) in [5, 5.41) is 6.85. The van der Waals surface area contributed by atoms with Crippen LogP contribution in [0.4, 0.5) is 10.1 Å². The summed E-state index contributed by atoms with van der Waals surface area (Å²) in [4.78, 5) is 11.3. The molecule has 152 valence electrons. The van der Waals surface area contributed by atoms with Crippen molar-refractivity contribution in [1.29, 1.82) is 0 Å². The monoisotopic (exact) mass is 497 g/mol. The molecule has 5 nitrogen and oxygen atoms in total. The van der Waals surface area contributed by atoms with Gasteiger partial charge in [-0.2, -0.15) is 0 Å². The van der Waals surface area contributed by atoms with E-state index < -0.39 is 0 Å². The van der Waals surface area contributed by atoms with Crippen molar-refractivity contribution in [3.63, 3.8) is 0 Å². The molecule has 1 aromatic carbocycles. The molecule has 2 heterocycles. The normalized spacial score (nSPS) is 17.0. The predicted molar refractivity (Wildman–Crippen MR) is 124 cm³/mol. The van der Waals surface area contributed by atoms with E-state index in [1.165, 1.54) is 6.07 Å². The first-order chi connectivity index (χ1) is 13.2. The lowest BCUT2D eigenvalue weighted by Crippen LogP contribution is -2.51. The summed E-state index contributed by atoms with van der Waals surface area (Å²) >= 11 is 0. The number of aromatic nitrogens is 1. The van der Waals surface area contributed by atoms with Gasteiger partial charge in [-0.3, -0.25) is 4.98 Å². The van der Waals surface area contributed by atoms with Crippen LogP contribution < -0.4 is 15.5 Å². The minimum absolute atomic E-state index is 0. The summed E-state index contributed by atoms with van der Waals surface area (Å²) in [6.07, 6.45) is 3.93. The highest BCUT2D eigenvalue weighted by atomic mass is 127. The summed E-state index contributed by atoms with van der Waals surface area (Å²) < 4.78 is 13.5. The number of hydrogen-bond donors (Lipinski definition) is 2. The fourth-order valence-electron chi connectivity index (χ4n) is 3.35. The summed E-state index contributed by atoms with van der Waals surface area (Å²) in [7, 11) is 0. The Kier molecular flexibility index (Phi) is 8.95. The minimum atomic E-state index is -0.191. The zero-order chi connectivity index (χ0) is 19.1. The number of hydrogen-bond acceptors (Lipinski definition) is 3. The zero-order valence-electron chi connectivity index (χ0n) is 16.5. The first-order valence-electron chi connectivity index (χ1n) is 9.61. The van der Waals surface area contributed by atoms with Gasteiger partial charge in [0.05, 0.1) is 12.2 Å². The van der Waals surface area contributed by atoms with Crippen molar-refractivity contribution in [2.45, 2.75) is 39.3 Å². The second-order valence-corrected chi connectivity index (χ2v) is 6.87. The van der Waals surface area contributed by atoms with E-state index in [0.29, 0.717) is 6.54 Å². The Balaban J connectivity index is 0.00000280. The van der Waals surface area contributed by atoms with Crippen molar-refractivity contribution in [3.05, 3.63) is 59.7 Å². The topological polar surface area (TPSA) is 52.6 Å². The molecule has 1 saturated heterocycles. The van der Waals surface area contributed by atoms with Crippen LogP contribution in [0.25, 0.3) is 0 Å². The highest BCUT2D eigenvalue weighted by molar-refractivity contribution is 14.0. The molecule has 0 aliphatic carbocycles. The third-order valence-corrected chi connectivity index (χ3v) is 4.78. The molecular weight excluding hydrogens is 468 g/mol. The number of aryl methyl sites for hydroxylation is 1. The van der Waals surface area contributed by atoms with Crippen LogP contribution in [0.15, 0.2) is 47.6 Å². The van der Waals surface area contributed by atoms with Crippen LogP contribution >= 0.6 is 24.0 Å². The Morgan fingerprint density at radius 2 is 2.18 bits per heavy atom. The first-order valence-corrected chi connectivity index (χ1v) is 9.61. The van der Waals surface area contributed by atoms with Crippen molar-refractivity contribution in [1.82, 2.24) is 15.6 Å². The number of benzene rings is 1. The van der Waals surface area contributed by atoms with Gasteiger partial charge in [0.25, 0.3) is 0 Å². The number of rotatable bonds is 5. The fourth-order valence-corrected chi connectivity index (χ4v) is 3.35. The lowest BCUT2D eigenvalue weighted by atomic mass is 10.0. The summed E-state index contributed by atoms with van der Waals surface area (Å²) in [6, 6.07) is 11.1. The van der Waals surface area contributed by atoms with Crippen molar-refractivity contribution in [3.8, 4) is 0 Å². The molecule has 1 atom stereocenters. The van der Waals surface area contributed by atoms with E-state index in [0.717, 1.165) is 55.4 Å². The molecule has 0 radical (unpaired) electrons. The van der Waals surface area contributed by atoms with Gasteiger partial charge in [-0.25, -0.2) is 9.38 Å². The van der Waals surface area contributed by atoms with Gasteiger partial charge in [0.2, 0.25) is 0 Å². The molecule has 0 bridgehead atoms. The predicted octanol–water partition coefficient (Wildman–Crippen LogP) is 3.87. The van der Waals surface area contributed by atoms with Crippen molar-refractivity contribution < 1.29 is 4.39 Å². The lowest BCUT2D eigenvalue weighted by Gasteiger charge is -2.35. The molecule has 7 heteroatoms. The lowest BCUT2D eigenvalue weighted by molar-refractivity contribution is 0.467. The molecule has 2 aromatic rings. The molecular formula is C21H29FIN5. The van der Waals surface area contributed by atoms with Crippen LogP contribution in [-0.4, -0.2) is 36.6 Å². The Morgan fingerprint density at radius 3 is 2.93 bits per heavy atom. The first kappa shape index (κ1) is 22.4. The number of halogens is 2. The highest BCUT2D eigenvalue weighted by Gasteiger charge is 2.21. The quantitative estimate of drug-likeness (QED) is 0.374. The minimum Gasteiger partial charge on any atom is -0.369 e. The van der Waals surface area contributed by atoms with Gasteiger partial charge < -0.3 is 15.5 Å². The smallest absolute Gasteiger partial charge is 0.191 e. The molecule has 2 N–H and O–H groups in total. The van der Waals surface area contributed by atoms with Crippen LogP contribution in [-0.2, 0) is 6.54 Å². The Labute approximate surface area is 183 Å². The molecule has 1 aliphatic rings. The Morgan fingerprint density at radius 1 is 1.32 bits per heavy atom. The molecule has 0 saturated carbocycles. The van der Waals surface area contributed by atoms with E-state index in [1.807, 2.05) is 12.1 Å². The molecule has 0 spiro atoms. The van der Waals surface area contributed by atoms with Gasteiger partial charge >= 0.3 is 0 Å². The van der Waals surface area contributed by atoms with Crippen LogP contribution in [0.1, 0.15) is 31.0 Å². The van der Waals surface area contributed by atoms with Gasteiger partial charge in [0, 0.05) is 37.6 Å². The number of nitrogens with zero attached hydrogens (tertiary/aromatic N) is 3. The molecule has 1 unspecified atom stereocenters. The third-order valence-electron chi connectivity index (χ3n) is 4.78. The van der Waals surface area contributed by atoms with Gasteiger partial charge in [-0.1, -0.05) is 12.1 Å². The van der Waals surface area contributed by atoms with Gasteiger partial charge in [0.1, 0.15) is 5.82 Å². The fraction of sp³-hybridized carbons (Fsp3) is 0.429. The van der Waals surface area contributed by atoms with E-state index in [1.54, 1.807) is 18.3 Å². The molecule has 0 amide bonds. The van der Waals surface area contributed by atoms with E-state index in [2.05, 4.69) is 40.4 Å². The summed E-state index contributed by atoms with van der Waals surface area (Å²) in [5.74, 6) is 0.608. The van der Waals surface area contributed by atoms with E-state index in [9.17, 15) is 4.39 Å². The number of piperidine rings is 1. The number of aliphatic imine (C=N–C) groups is 1. The summed E-state index contributed by atoms with van der Waals surface area (Å²) in [5.41, 5.74) is 3.07. The zero-order valence-corrected chi connectivity index (χ0v) is 18.8. The summed E-state index contributed by atoms with van der Waals surface area (Å²) in [6.45, 7) is 7.23. The third kappa shape index (κ3) is 6.32. The van der Waals surface area contributed by atoms with Gasteiger partial charge in [-0.15, -0.1) is 24.0 Å². The Bertz CT molecular complexity index is 783. The standard InChI is InChI=1S/C21H28FN5.HI/c1-3-23-21(25-14-20-16(2)7-5-11-24-20)26-18-9-6-12-27(15-18)19-10-4-8-17(22)13-19;/h4-5,7-8,10-11,13,18H,3,6,9,12,14-15H2,1-2H3,(H2,23,25,26);1H. The van der Waals surface area contributed by atoms with Crippen molar-refractivity contribution in [2.75, 3.05) is 24.5 Å². The SMILES string of the molecule is CCNC(=NCc1ncccc1C)NC1CCCN(c2cccc(F)c2)C1.I. The molecule has 3 rings (SSSR count). The molecule has 1 aliphatic heterocycles. The van der Waals surface area contributed by atoms with Gasteiger partial charge in [-0.05, 0) is 56.5 Å². The van der Waals surface area contributed by atoms with Crippen LogP contribution in [0.3, 0.4) is 0 Å². The number of nitrogens with one attached hydrogen (secondary N) is 2. The van der Waals surface area contributed by atoms with Gasteiger partial charge in [0.15, 0.2) is 5.96 Å². The number of anilines is 1. The maximum Gasteiger partial charge on any atom is 0.191 e. The van der Waals surface area contributed by atoms with Crippen molar-refractivity contribution >= 4 is 35.6 Å². The maximum atomic E-state index is 13.5. The molecule has 1 fully saturated rings. The van der Waals surface area contributed by atoms with E-state index >= 15 is 0 Å². The van der Waals surface area contributed by atoms with Crippen LogP contribution in [0.2, 0.25) is 0 Å². The molecule has 1 aromatic heterocycles. The van der Waals surface area contributed by atoms with E-state index in [4.69, 9.17) is 4.99 Å². The average molecular weight is 497 g/mol. The Hall–Kier alpha value is -1.90. The highest BCUT2D eigenvalue weighted by Crippen LogP contribution is 2.20. The number of guanidine groups is 1. The maximum absolute atomic E-state index is 13.5. The second kappa shape index (κ2) is 11.2. The van der Waals surface area contributed by atoms with E-state index in [-0.39, 0.29) is 35.8 Å². The molecule has 28 heavy (non-hydrogen) atoms. The van der Waals surface area contributed by atoms with Crippen LogP contribution in [0.5, 0.6) is 0 Å². The average Bonchev–Trinajstić information content (AvgIpc) is 2.68. The second-order valence-electron chi connectivity index (χ2n) is 6.87. The van der Waals surface area contributed by atoms with Crippen molar-refractivity contribution in [2.24, 2.45) is 4.99 Å².